The highest BCUT2D eigenvalue weighted by molar-refractivity contribution is 8.00. The van der Waals surface area contributed by atoms with Crippen molar-refractivity contribution >= 4 is 17.7 Å². The second-order valence-electron chi connectivity index (χ2n) is 5.55. The minimum atomic E-state index is -0.313. The van der Waals surface area contributed by atoms with Crippen molar-refractivity contribution in [2.75, 3.05) is 6.61 Å². The Morgan fingerprint density at radius 2 is 1.84 bits per heavy atom. The molecule has 1 aromatic heterocycles. The summed E-state index contributed by atoms with van der Waals surface area (Å²) in [6, 6.07) is 15.7. The molecule has 0 spiro atoms. The number of hydrogen-bond donors (Lipinski definition) is 0. The SMILES string of the molecule is O=C1OCC[C@@H]1Sc1nnc(-c2ccccc2)n1-c1ccc(F)cc1. The normalized spacial score (nSPS) is 16.8. The van der Waals surface area contributed by atoms with E-state index in [4.69, 9.17) is 4.74 Å². The summed E-state index contributed by atoms with van der Waals surface area (Å²) >= 11 is 1.32. The Morgan fingerprint density at radius 3 is 2.52 bits per heavy atom. The van der Waals surface area contributed by atoms with Crippen LogP contribution in [0, 0.1) is 5.82 Å². The fraction of sp³-hybridized carbons (Fsp3) is 0.167. The zero-order valence-corrected chi connectivity index (χ0v) is 13.9. The molecule has 3 aromatic rings. The monoisotopic (exact) mass is 355 g/mol. The largest absolute Gasteiger partial charge is 0.465 e. The van der Waals surface area contributed by atoms with Gasteiger partial charge >= 0.3 is 5.97 Å². The first-order valence-electron chi connectivity index (χ1n) is 7.82. The highest BCUT2D eigenvalue weighted by Gasteiger charge is 2.30. The van der Waals surface area contributed by atoms with Crippen LogP contribution in [0.15, 0.2) is 59.8 Å². The summed E-state index contributed by atoms with van der Waals surface area (Å²) < 4.78 is 20.2. The highest BCUT2D eigenvalue weighted by atomic mass is 32.2. The van der Waals surface area contributed by atoms with Gasteiger partial charge in [0.05, 0.1) is 6.61 Å². The molecule has 4 rings (SSSR count). The Morgan fingerprint density at radius 1 is 1.08 bits per heavy atom. The van der Waals surface area contributed by atoms with E-state index in [1.165, 1.54) is 23.9 Å². The van der Waals surface area contributed by atoms with Crippen LogP contribution in [0.1, 0.15) is 6.42 Å². The van der Waals surface area contributed by atoms with Crippen molar-refractivity contribution in [3.8, 4) is 17.1 Å². The van der Waals surface area contributed by atoms with Crippen LogP contribution < -0.4 is 0 Å². The van der Waals surface area contributed by atoms with Crippen molar-refractivity contribution in [3.63, 3.8) is 0 Å². The molecule has 1 aliphatic rings. The Kier molecular flexibility index (Phi) is 4.23. The maximum Gasteiger partial charge on any atom is 0.319 e. The fourth-order valence-electron chi connectivity index (χ4n) is 2.66. The summed E-state index contributed by atoms with van der Waals surface area (Å²) in [6.07, 6.45) is 0.639. The number of nitrogens with zero attached hydrogens (tertiary/aromatic N) is 3. The highest BCUT2D eigenvalue weighted by Crippen LogP contribution is 2.33. The average Bonchev–Trinajstić information content (AvgIpc) is 3.24. The zero-order chi connectivity index (χ0) is 17.2. The van der Waals surface area contributed by atoms with Gasteiger partial charge in [-0.05, 0) is 24.3 Å². The predicted octanol–water partition coefficient (Wildman–Crippen LogP) is 3.48. The Hall–Kier alpha value is -2.67. The summed E-state index contributed by atoms with van der Waals surface area (Å²) in [5.41, 5.74) is 1.62. The molecular weight excluding hydrogens is 341 g/mol. The molecule has 0 radical (unpaired) electrons. The molecule has 0 N–H and O–H groups in total. The van der Waals surface area contributed by atoms with Crippen LogP contribution in [-0.4, -0.2) is 32.6 Å². The second-order valence-corrected chi connectivity index (χ2v) is 6.72. The predicted molar refractivity (Wildman–Crippen MR) is 92.0 cm³/mol. The van der Waals surface area contributed by atoms with E-state index in [-0.39, 0.29) is 17.0 Å². The molecule has 0 unspecified atom stereocenters. The molecule has 2 aromatic carbocycles. The van der Waals surface area contributed by atoms with Crippen molar-refractivity contribution in [3.05, 3.63) is 60.4 Å². The van der Waals surface area contributed by atoms with E-state index in [0.717, 1.165) is 11.3 Å². The Labute approximate surface area is 147 Å². The number of hydrogen-bond acceptors (Lipinski definition) is 5. The van der Waals surface area contributed by atoms with Gasteiger partial charge in [-0.3, -0.25) is 9.36 Å². The number of aromatic nitrogens is 3. The van der Waals surface area contributed by atoms with Gasteiger partial charge in [0.2, 0.25) is 0 Å². The molecule has 1 atom stereocenters. The van der Waals surface area contributed by atoms with Crippen LogP contribution >= 0.6 is 11.8 Å². The van der Waals surface area contributed by atoms with Crippen molar-refractivity contribution in [1.82, 2.24) is 14.8 Å². The molecule has 25 heavy (non-hydrogen) atoms. The minimum absolute atomic E-state index is 0.236. The van der Waals surface area contributed by atoms with Crippen molar-refractivity contribution < 1.29 is 13.9 Å². The molecule has 0 amide bonds. The van der Waals surface area contributed by atoms with Crippen LogP contribution in [0.4, 0.5) is 4.39 Å². The number of rotatable bonds is 4. The van der Waals surface area contributed by atoms with E-state index in [2.05, 4.69) is 10.2 Å². The van der Waals surface area contributed by atoms with Gasteiger partial charge < -0.3 is 4.74 Å². The average molecular weight is 355 g/mol. The number of ether oxygens (including phenoxy) is 1. The number of carbonyl (C=O) groups excluding carboxylic acids is 1. The third kappa shape index (κ3) is 3.15. The van der Waals surface area contributed by atoms with E-state index in [0.29, 0.717) is 24.0 Å². The molecule has 2 heterocycles. The van der Waals surface area contributed by atoms with Gasteiger partial charge in [-0.1, -0.05) is 42.1 Å². The molecule has 5 nitrogen and oxygen atoms in total. The summed E-state index contributed by atoms with van der Waals surface area (Å²) in [6.45, 7) is 0.423. The second kappa shape index (κ2) is 6.68. The lowest BCUT2D eigenvalue weighted by atomic mass is 10.2. The van der Waals surface area contributed by atoms with Crippen LogP contribution in [0.25, 0.3) is 17.1 Å². The van der Waals surface area contributed by atoms with Gasteiger partial charge in [-0.2, -0.15) is 0 Å². The molecule has 0 aliphatic carbocycles. The summed E-state index contributed by atoms with van der Waals surface area (Å²) in [5, 5.41) is 8.84. The van der Waals surface area contributed by atoms with Gasteiger partial charge in [-0.15, -0.1) is 10.2 Å². The van der Waals surface area contributed by atoms with Gasteiger partial charge in [0.25, 0.3) is 0 Å². The first kappa shape index (κ1) is 15.8. The lowest BCUT2D eigenvalue weighted by Crippen LogP contribution is -2.11. The number of esters is 1. The first-order chi connectivity index (χ1) is 12.2. The standard InChI is InChI=1S/C18H14FN3O2S/c19-13-6-8-14(9-7-13)22-16(12-4-2-1-3-5-12)20-21-18(22)25-15-10-11-24-17(15)23/h1-9,15H,10-11H2/t15-/m0/s1. The molecule has 1 aliphatic heterocycles. The topological polar surface area (TPSA) is 57.0 Å². The first-order valence-corrected chi connectivity index (χ1v) is 8.70. The molecule has 7 heteroatoms. The van der Waals surface area contributed by atoms with Gasteiger partial charge in [0.1, 0.15) is 11.1 Å². The van der Waals surface area contributed by atoms with E-state index in [1.807, 2.05) is 34.9 Å². The third-order valence-corrected chi connectivity index (χ3v) is 5.07. The van der Waals surface area contributed by atoms with Gasteiger partial charge in [-0.25, -0.2) is 4.39 Å². The van der Waals surface area contributed by atoms with Crippen molar-refractivity contribution in [2.24, 2.45) is 0 Å². The third-order valence-electron chi connectivity index (χ3n) is 3.89. The lowest BCUT2D eigenvalue weighted by molar-refractivity contribution is -0.137. The van der Waals surface area contributed by atoms with Crippen LogP contribution in [0.5, 0.6) is 0 Å². The lowest BCUT2D eigenvalue weighted by Gasteiger charge is -2.11. The number of carbonyl (C=O) groups is 1. The zero-order valence-electron chi connectivity index (χ0n) is 13.1. The summed E-state index contributed by atoms with van der Waals surface area (Å²) in [5.74, 6) is 0.0904. The molecule has 126 valence electrons. The number of halogens is 1. The van der Waals surface area contributed by atoms with E-state index in [9.17, 15) is 9.18 Å². The van der Waals surface area contributed by atoms with Crippen LogP contribution in [-0.2, 0) is 9.53 Å². The quantitative estimate of drug-likeness (QED) is 0.671. The summed E-state index contributed by atoms with van der Waals surface area (Å²) in [4.78, 5) is 11.8. The van der Waals surface area contributed by atoms with E-state index < -0.39 is 0 Å². The maximum atomic E-state index is 13.3. The Balaban J connectivity index is 1.80. The summed E-state index contributed by atoms with van der Waals surface area (Å²) in [7, 11) is 0. The Bertz CT molecular complexity index is 896. The van der Waals surface area contributed by atoms with Gasteiger partial charge in [0, 0.05) is 17.7 Å². The van der Waals surface area contributed by atoms with Crippen molar-refractivity contribution in [1.29, 1.82) is 0 Å². The molecule has 0 bridgehead atoms. The van der Waals surface area contributed by atoms with E-state index in [1.54, 1.807) is 12.1 Å². The molecule has 0 saturated carbocycles. The van der Waals surface area contributed by atoms with Crippen LogP contribution in [0.2, 0.25) is 0 Å². The number of benzene rings is 2. The number of cyclic esters (lactones) is 1. The van der Waals surface area contributed by atoms with E-state index >= 15 is 0 Å². The number of thioether (sulfide) groups is 1. The molecular formula is C18H14FN3O2S. The van der Waals surface area contributed by atoms with Crippen LogP contribution in [0.3, 0.4) is 0 Å². The maximum absolute atomic E-state index is 13.3. The smallest absolute Gasteiger partial charge is 0.319 e. The van der Waals surface area contributed by atoms with Gasteiger partial charge in [0.15, 0.2) is 11.0 Å². The minimum Gasteiger partial charge on any atom is -0.465 e. The fourth-order valence-corrected chi connectivity index (χ4v) is 3.67. The molecule has 1 fully saturated rings. The van der Waals surface area contributed by atoms with Crippen molar-refractivity contribution in [2.45, 2.75) is 16.8 Å². The molecule has 1 saturated heterocycles.